The molecule has 1 fully saturated rings. The van der Waals surface area contributed by atoms with Gasteiger partial charge in [-0.1, -0.05) is 0 Å². The summed E-state index contributed by atoms with van der Waals surface area (Å²) in [5.41, 5.74) is 0. The van der Waals surface area contributed by atoms with Crippen LogP contribution in [-0.4, -0.2) is 88.6 Å². The van der Waals surface area contributed by atoms with Crippen molar-refractivity contribution in [2.24, 2.45) is 0 Å². The van der Waals surface area contributed by atoms with Crippen LogP contribution in [0.1, 0.15) is 6.42 Å². The van der Waals surface area contributed by atoms with Gasteiger partial charge in [0.1, 0.15) is 24.4 Å². The van der Waals surface area contributed by atoms with Crippen molar-refractivity contribution in [1.29, 1.82) is 0 Å². The highest BCUT2D eigenvalue weighted by molar-refractivity contribution is 5.78. The molecule has 118 valence electrons. The Morgan fingerprint density at radius 1 is 1.40 bits per heavy atom. The highest BCUT2D eigenvalue weighted by Crippen LogP contribution is 2.33. The first kappa shape index (κ1) is 17.2. The Morgan fingerprint density at radius 3 is 2.45 bits per heavy atom. The highest BCUT2D eigenvalue weighted by atomic mass is 16.7. The van der Waals surface area contributed by atoms with E-state index in [9.17, 15) is 25.2 Å². The van der Waals surface area contributed by atoms with E-state index in [1.807, 2.05) is 0 Å². The molecule has 1 aliphatic rings. The van der Waals surface area contributed by atoms with Gasteiger partial charge in [-0.05, 0) is 0 Å². The summed E-state index contributed by atoms with van der Waals surface area (Å²) >= 11 is 0. The van der Waals surface area contributed by atoms with Gasteiger partial charge in [0.25, 0.3) is 5.79 Å². The van der Waals surface area contributed by atoms with Gasteiger partial charge in [-0.2, -0.15) is 0 Å². The molecule has 0 bridgehead atoms. The van der Waals surface area contributed by atoms with Crippen LogP contribution in [0.2, 0.25) is 0 Å². The van der Waals surface area contributed by atoms with Gasteiger partial charge in [-0.25, -0.2) is 4.79 Å². The number of hydrogen-bond donors (Lipinski definition) is 5. The molecule has 0 saturated carbocycles. The minimum atomic E-state index is -2.01. The van der Waals surface area contributed by atoms with Gasteiger partial charge in [0.2, 0.25) is 0 Å². The molecule has 9 heteroatoms. The van der Waals surface area contributed by atoms with E-state index in [4.69, 9.17) is 14.6 Å². The van der Waals surface area contributed by atoms with E-state index in [1.54, 1.807) is 0 Å². The summed E-state index contributed by atoms with van der Waals surface area (Å²) < 4.78 is 14.6. The van der Waals surface area contributed by atoms with Crippen molar-refractivity contribution in [1.82, 2.24) is 0 Å². The van der Waals surface area contributed by atoms with Crippen LogP contribution in [0, 0.1) is 0 Å². The van der Waals surface area contributed by atoms with Gasteiger partial charge < -0.3 is 39.7 Å². The quantitative estimate of drug-likeness (QED) is 0.330. The van der Waals surface area contributed by atoms with Crippen LogP contribution in [-0.2, 0) is 19.0 Å². The molecule has 0 aromatic heterocycles. The first-order valence-electron chi connectivity index (χ1n) is 5.97. The molecule has 6 atom stereocenters. The Hall–Kier alpha value is -0.810. The molecule has 0 amide bonds. The summed E-state index contributed by atoms with van der Waals surface area (Å²) in [5, 5.41) is 47.6. The first-order valence-corrected chi connectivity index (χ1v) is 5.97. The lowest BCUT2D eigenvalue weighted by Crippen LogP contribution is -2.63. The number of aliphatic hydroxyl groups excluding tert-OH is 5. The van der Waals surface area contributed by atoms with Crippen LogP contribution in [0.25, 0.3) is 0 Å². The fraction of sp³-hybridized carbons (Fsp3) is 0.909. The third kappa shape index (κ3) is 3.09. The Labute approximate surface area is 115 Å². The predicted octanol–water partition coefficient (Wildman–Crippen LogP) is -3.27. The van der Waals surface area contributed by atoms with Gasteiger partial charge in [0.05, 0.1) is 19.8 Å². The SMILES string of the molecule is COC(=O)[C@]1(OC)C[C@H](O)[C@@H](O)[C@H]([C@H](O)[C@H](O)CO)O1. The second-order valence-electron chi connectivity index (χ2n) is 4.53. The monoisotopic (exact) mass is 296 g/mol. The Balaban J connectivity index is 3.02. The first-order chi connectivity index (χ1) is 9.32. The Kier molecular flexibility index (Phi) is 5.83. The summed E-state index contributed by atoms with van der Waals surface area (Å²) in [6, 6.07) is 0. The van der Waals surface area contributed by atoms with Gasteiger partial charge in [0, 0.05) is 13.5 Å². The number of hydrogen-bond acceptors (Lipinski definition) is 9. The third-order valence-electron chi connectivity index (χ3n) is 3.28. The van der Waals surface area contributed by atoms with Crippen LogP contribution in [0.5, 0.6) is 0 Å². The molecule has 1 rings (SSSR count). The molecule has 0 aromatic carbocycles. The van der Waals surface area contributed by atoms with E-state index in [2.05, 4.69) is 4.74 Å². The summed E-state index contributed by atoms with van der Waals surface area (Å²) in [7, 11) is 2.21. The molecular weight excluding hydrogens is 276 g/mol. The molecule has 1 heterocycles. The Morgan fingerprint density at radius 2 is 2.00 bits per heavy atom. The maximum absolute atomic E-state index is 11.7. The second-order valence-corrected chi connectivity index (χ2v) is 4.53. The maximum atomic E-state index is 11.7. The van der Waals surface area contributed by atoms with Gasteiger partial charge in [0.15, 0.2) is 0 Å². The van der Waals surface area contributed by atoms with Gasteiger partial charge >= 0.3 is 5.97 Å². The number of rotatable bonds is 5. The predicted molar refractivity (Wildman–Crippen MR) is 62.4 cm³/mol. The lowest BCUT2D eigenvalue weighted by atomic mass is 9.91. The smallest absolute Gasteiger partial charge is 0.366 e. The second kappa shape index (κ2) is 6.76. The third-order valence-corrected chi connectivity index (χ3v) is 3.28. The van der Waals surface area contributed by atoms with E-state index in [0.717, 1.165) is 14.2 Å². The van der Waals surface area contributed by atoms with E-state index in [-0.39, 0.29) is 0 Å². The molecule has 0 aromatic rings. The molecule has 0 radical (unpaired) electrons. The number of ether oxygens (including phenoxy) is 3. The molecule has 20 heavy (non-hydrogen) atoms. The van der Waals surface area contributed by atoms with E-state index in [0.29, 0.717) is 0 Å². The van der Waals surface area contributed by atoms with E-state index < -0.39 is 55.3 Å². The maximum Gasteiger partial charge on any atom is 0.366 e. The molecule has 1 saturated heterocycles. The van der Waals surface area contributed by atoms with Crippen molar-refractivity contribution < 1.29 is 44.5 Å². The normalized spacial score (nSPS) is 37.2. The fourth-order valence-electron chi connectivity index (χ4n) is 2.05. The van der Waals surface area contributed by atoms with E-state index >= 15 is 0 Å². The number of carbonyl (C=O) groups is 1. The topological polar surface area (TPSA) is 146 Å². The zero-order valence-corrected chi connectivity index (χ0v) is 11.2. The number of aliphatic hydroxyl groups is 5. The molecule has 0 aliphatic carbocycles. The lowest BCUT2D eigenvalue weighted by Gasteiger charge is -2.44. The number of esters is 1. The number of methoxy groups -OCH3 is 2. The average molecular weight is 296 g/mol. The van der Waals surface area contributed by atoms with Crippen LogP contribution in [0.15, 0.2) is 0 Å². The molecule has 0 unspecified atom stereocenters. The van der Waals surface area contributed by atoms with Crippen molar-refractivity contribution >= 4 is 5.97 Å². The molecule has 5 N–H and O–H groups in total. The summed E-state index contributed by atoms with van der Waals surface area (Å²) in [5.74, 6) is -2.96. The Bertz CT molecular complexity index is 336. The van der Waals surface area contributed by atoms with Crippen molar-refractivity contribution in [3.05, 3.63) is 0 Å². The van der Waals surface area contributed by atoms with Gasteiger partial charge in [-0.3, -0.25) is 0 Å². The van der Waals surface area contributed by atoms with Crippen LogP contribution in [0.4, 0.5) is 0 Å². The summed E-state index contributed by atoms with van der Waals surface area (Å²) in [6.45, 7) is -0.790. The zero-order valence-electron chi connectivity index (χ0n) is 11.2. The van der Waals surface area contributed by atoms with Crippen LogP contribution < -0.4 is 0 Å². The number of carbonyl (C=O) groups excluding carboxylic acids is 1. The van der Waals surface area contributed by atoms with Crippen LogP contribution in [0.3, 0.4) is 0 Å². The summed E-state index contributed by atoms with van der Waals surface area (Å²) in [4.78, 5) is 11.7. The van der Waals surface area contributed by atoms with E-state index in [1.165, 1.54) is 0 Å². The lowest BCUT2D eigenvalue weighted by molar-refractivity contribution is -0.321. The van der Waals surface area contributed by atoms with Crippen LogP contribution >= 0.6 is 0 Å². The van der Waals surface area contributed by atoms with Crippen molar-refractivity contribution in [3.8, 4) is 0 Å². The molecular formula is C11H20O9. The average Bonchev–Trinajstić information content (AvgIpc) is 2.47. The molecule has 0 spiro atoms. The van der Waals surface area contributed by atoms with Crippen molar-refractivity contribution in [3.63, 3.8) is 0 Å². The molecule has 9 nitrogen and oxygen atoms in total. The zero-order chi connectivity index (χ0) is 15.5. The molecule has 1 aliphatic heterocycles. The van der Waals surface area contributed by atoms with Crippen molar-refractivity contribution in [2.45, 2.75) is 42.7 Å². The highest BCUT2D eigenvalue weighted by Gasteiger charge is 2.55. The standard InChI is InChI=1S/C11H20O9/c1-18-10(17)11(19-2)3-5(13)7(15)9(20-11)8(16)6(14)4-12/h5-9,12-16H,3-4H2,1-2H3/t5-,6+,7+,8+,9+,11-/m0/s1. The summed E-state index contributed by atoms with van der Waals surface area (Å²) in [6.07, 6.45) is -8.32. The van der Waals surface area contributed by atoms with Gasteiger partial charge in [-0.15, -0.1) is 0 Å². The minimum absolute atomic E-state index is 0.407. The minimum Gasteiger partial charge on any atom is -0.465 e. The largest absolute Gasteiger partial charge is 0.465 e. The fourth-order valence-corrected chi connectivity index (χ4v) is 2.05. The van der Waals surface area contributed by atoms with Crippen molar-refractivity contribution in [2.75, 3.05) is 20.8 Å².